The van der Waals surface area contributed by atoms with E-state index in [0.717, 1.165) is 18.0 Å². The summed E-state index contributed by atoms with van der Waals surface area (Å²) in [4.78, 5) is 2.55. The van der Waals surface area contributed by atoms with Crippen molar-refractivity contribution < 1.29 is 0 Å². The van der Waals surface area contributed by atoms with Crippen LogP contribution in [0.15, 0.2) is 0 Å². The van der Waals surface area contributed by atoms with Gasteiger partial charge in [-0.15, -0.1) is 0 Å². The average molecular weight is 214 g/mol. The summed E-state index contributed by atoms with van der Waals surface area (Å²) in [5.41, 5.74) is 0. The minimum atomic E-state index is 0.738. The first kappa shape index (κ1) is 10.8. The molecule has 1 saturated heterocycles. The van der Waals surface area contributed by atoms with E-state index in [0.29, 0.717) is 0 Å². The third kappa shape index (κ3) is 2.10. The van der Waals surface area contributed by atoms with Crippen LogP contribution in [0.4, 0.5) is 0 Å². The lowest BCUT2D eigenvalue weighted by atomic mass is 9.77. The second kappa shape index (κ2) is 4.86. The molecular formula is C11H22N2S. The van der Waals surface area contributed by atoms with E-state index in [1.54, 1.807) is 0 Å². The fourth-order valence-electron chi connectivity index (χ4n) is 2.62. The first-order chi connectivity index (χ1) is 6.83. The summed E-state index contributed by atoms with van der Waals surface area (Å²) < 4.78 is 0. The number of hydrogen-bond acceptors (Lipinski definition) is 3. The molecule has 1 aliphatic heterocycles. The molecule has 3 heteroatoms. The van der Waals surface area contributed by atoms with Gasteiger partial charge >= 0.3 is 0 Å². The highest BCUT2D eigenvalue weighted by atomic mass is 32.2. The van der Waals surface area contributed by atoms with Gasteiger partial charge in [0.2, 0.25) is 0 Å². The maximum absolute atomic E-state index is 3.55. The quantitative estimate of drug-likeness (QED) is 0.765. The van der Waals surface area contributed by atoms with E-state index in [9.17, 15) is 0 Å². The number of rotatable bonds is 3. The average Bonchev–Trinajstić information content (AvgIpc) is 2.12. The molecule has 0 bridgehead atoms. The number of nitrogens with zero attached hydrogens (tertiary/aromatic N) is 1. The minimum absolute atomic E-state index is 0.738. The molecule has 1 saturated carbocycles. The Morgan fingerprint density at radius 1 is 1.43 bits per heavy atom. The Morgan fingerprint density at radius 2 is 2.21 bits per heavy atom. The van der Waals surface area contributed by atoms with E-state index in [1.165, 1.54) is 37.3 Å². The third-order valence-electron chi connectivity index (χ3n) is 3.85. The van der Waals surface area contributed by atoms with Gasteiger partial charge in [0.15, 0.2) is 0 Å². The number of hydrogen-bond donors (Lipinski definition) is 1. The largest absolute Gasteiger partial charge is 0.315 e. The van der Waals surface area contributed by atoms with Crippen LogP contribution in [0.2, 0.25) is 0 Å². The zero-order chi connectivity index (χ0) is 9.97. The van der Waals surface area contributed by atoms with Crippen LogP contribution in [-0.4, -0.2) is 49.1 Å². The monoisotopic (exact) mass is 214 g/mol. The van der Waals surface area contributed by atoms with Gasteiger partial charge in [0.25, 0.3) is 0 Å². The normalized spacial score (nSPS) is 32.6. The van der Waals surface area contributed by atoms with Crippen molar-refractivity contribution in [2.45, 2.75) is 31.3 Å². The molecule has 2 atom stereocenters. The number of likely N-dealkylation sites (N-methyl/N-ethyl adjacent to an activating group) is 2. The predicted molar refractivity (Wildman–Crippen MR) is 63.9 cm³/mol. The lowest BCUT2D eigenvalue weighted by Crippen LogP contribution is -2.56. The Bertz CT molecular complexity index is 180. The van der Waals surface area contributed by atoms with Crippen molar-refractivity contribution in [2.24, 2.45) is 5.92 Å². The Balaban J connectivity index is 1.94. The van der Waals surface area contributed by atoms with Crippen molar-refractivity contribution in [1.29, 1.82) is 0 Å². The van der Waals surface area contributed by atoms with Crippen LogP contribution >= 0.6 is 11.8 Å². The van der Waals surface area contributed by atoms with Gasteiger partial charge in [0.1, 0.15) is 0 Å². The molecule has 1 N–H and O–H groups in total. The highest BCUT2D eigenvalue weighted by molar-refractivity contribution is 7.99. The number of nitrogens with one attached hydrogen (secondary N) is 1. The molecule has 82 valence electrons. The molecule has 2 unspecified atom stereocenters. The second-order valence-corrected chi connectivity index (χ2v) is 5.78. The summed E-state index contributed by atoms with van der Waals surface area (Å²) in [5, 5.41) is 3.55. The summed E-state index contributed by atoms with van der Waals surface area (Å²) in [6.07, 6.45) is 4.34. The molecule has 0 spiro atoms. The van der Waals surface area contributed by atoms with Crippen LogP contribution < -0.4 is 5.32 Å². The van der Waals surface area contributed by atoms with Gasteiger partial charge in [-0.3, -0.25) is 0 Å². The van der Waals surface area contributed by atoms with Crippen molar-refractivity contribution in [2.75, 3.05) is 32.1 Å². The summed E-state index contributed by atoms with van der Waals surface area (Å²) in [6.45, 7) is 1.26. The van der Waals surface area contributed by atoms with Crippen molar-refractivity contribution in [3.05, 3.63) is 0 Å². The van der Waals surface area contributed by atoms with Crippen LogP contribution in [0, 0.1) is 5.92 Å². The SMILES string of the molecule is CNC(C1CCC1)C1CSCCN1C. The lowest BCUT2D eigenvalue weighted by Gasteiger charge is -2.44. The van der Waals surface area contributed by atoms with E-state index >= 15 is 0 Å². The summed E-state index contributed by atoms with van der Waals surface area (Å²) in [7, 11) is 4.42. The molecule has 2 fully saturated rings. The molecular weight excluding hydrogens is 192 g/mol. The van der Waals surface area contributed by atoms with Crippen molar-refractivity contribution in [3.8, 4) is 0 Å². The molecule has 0 radical (unpaired) electrons. The van der Waals surface area contributed by atoms with Gasteiger partial charge in [-0.05, 0) is 32.9 Å². The smallest absolute Gasteiger partial charge is 0.0339 e. The van der Waals surface area contributed by atoms with Gasteiger partial charge in [0.05, 0.1) is 0 Å². The minimum Gasteiger partial charge on any atom is -0.315 e. The highest BCUT2D eigenvalue weighted by Crippen LogP contribution is 2.33. The highest BCUT2D eigenvalue weighted by Gasteiger charge is 2.35. The maximum atomic E-state index is 3.55. The molecule has 0 aromatic rings. The molecule has 0 amide bonds. The van der Waals surface area contributed by atoms with Crippen molar-refractivity contribution >= 4 is 11.8 Å². The standard InChI is InChI=1S/C11H22N2S/c1-12-11(9-4-3-5-9)10-8-14-7-6-13(10)2/h9-12H,3-8H2,1-2H3. The van der Waals surface area contributed by atoms with Crippen LogP contribution in [0.25, 0.3) is 0 Å². The summed E-state index contributed by atoms with van der Waals surface area (Å²) >= 11 is 2.12. The van der Waals surface area contributed by atoms with E-state index < -0.39 is 0 Å². The first-order valence-corrected chi connectivity index (χ1v) is 6.93. The summed E-state index contributed by atoms with van der Waals surface area (Å²) in [5.74, 6) is 3.58. The van der Waals surface area contributed by atoms with E-state index in [-0.39, 0.29) is 0 Å². The molecule has 2 nitrogen and oxygen atoms in total. The van der Waals surface area contributed by atoms with Crippen molar-refractivity contribution in [1.82, 2.24) is 10.2 Å². The van der Waals surface area contributed by atoms with Gasteiger partial charge in [0, 0.05) is 30.1 Å². The van der Waals surface area contributed by atoms with Crippen LogP contribution in [0.1, 0.15) is 19.3 Å². The molecule has 2 rings (SSSR count). The Morgan fingerprint density at radius 3 is 2.71 bits per heavy atom. The van der Waals surface area contributed by atoms with Gasteiger partial charge in [-0.25, -0.2) is 0 Å². The Labute approximate surface area is 91.8 Å². The van der Waals surface area contributed by atoms with Gasteiger partial charge in [-0.1, -0.05) is 6.42 Å². The van der Waals surface area contributed by atoms with E-state index in [1.807, 2.05) is 0 Å². The van der Waals surface area contributed by atoms with Gasteiger partial charge in [-0.2, -0.15) is 11.8 Å². The number of thioether (sulfide) groups is 1. The fourth-order valence-corrected chi connectivity index (χ4v) is 3.91. The van der Waals surface area contributed by atoms with E-state index in [2.05, 4.69) is 36.1 Å². The molecule has 0 aromatic heterocycles. The predicted octanol–water partition coefficient (Wildman–Crippen LogP) is 1.42. The zero-order valence-corrected chi connectivity index (χ0v) is 10.1. The lowest BCUT2D eigenvalue weighted by molar-refractivity contribution is 0.136. The maximum Gasteiger partial charge on any atom is 0.0339 e. The fraction of sp³-hybridized carbons (Fsp3) is 1.00. The molecule has 14 heavy (non-hydrogen) atoms. The third-order valence-corrected chi connectivity index (χ3v) is 4.90. The zero-order valence-electron chi connectivity index (χ0n) is 9.33. The first-order valence-electron chi connectivity index (χ1n) is 5.78. The molecule has 0 aromatic carbocycles. The van der Waals surface area contributed by atoms with E-state index in [4.69, 9.17) is 0 Å². The summed E-state index contributed by atoms with van der Waals surface area (Å²) in [6, 6.07) is 1.51. The second-order valence-electron chi connectivity index (χ2n) is 4.63. The Kier molecular flexibility index (Phi) is 3.74. The van der Waals surface area contributed by atoms with Crippen LogP contribution in [-0.2, 0) is 0 Å². The topological polar surface area (TPSA) is 15.3 Å². The van der Waals surface area contributed by atoms with Crippen LogP contribution in [0.3, 0.4) is 0 Å². The van der Waals surface area contributed by atoms with Gasteiger partial charge < -0.3 is 10.2 Å². The van der Waals surface area contributed by atoms with Crippen LogP contribution in [0.5, 0.6) is 0 Å². The molecule has 2 aliphatic rings. The van der Waals surface area contributed by atoms with Crippen molar-refractivity contribution in [3.63, 3.8) is 0 Å². The molecule has 1 heterocycles. The molecule has 1 aliphatic carbocycles. The Hall–Kier alpha value is 0.270.